The molecule has 1 unspecified atom stereocenters. The number of carboxylic acid groups (broad SMARTS) is 1. The second kappa shape index (κ2) is 7.89. The molecule has 2 saturated heterocycles. The third-order valence-corrected chi connectivity index (χ3v) is 5.52. The number of anilines is 1. The molecule has 2 fully saturated rings. The van der Waals surface area contributed by atoms with Gasteiger partial charge < -0.3 is 14.9 Å². The van der Waals surface area contributed by atoms with Crippen LogP contribution in [0.3, 0.4) is 0 Å². The summed E-state index contributed by atoms with van der Waals surface area (Å²) in [6, 6.07) is 7.93. The summed E-state index contributed by atoms with van der Waals surface area (Å²) < 4.78 is 0. The van der Waals surface area contributed by atoms with E-state index in [1.165, 1.54) is 5.56 Å². The topological polar surface area (TPSA) is 77.9 Å². The quantitative estimate of drug-likeness (QED) is 0.876. The third kappa shape index (κ3) is 4.06. The van der Waals surface area contributed by atoms with Crippen LogP contribution in [0.1, 0.15) is 38.2 Å². The number of piperidine rings is 1. The molecule has 0 saturated carbocycles. The van der Waals surface area contributed by atoms with E-state index in [1.54, 1.807) is 9.80 Å². The fraction of sp³-hybridized carbons (Fsp3) is 0.550. The molecule has 2 heterocycles. The number of aliphatic carboxylic acids is 1. The van der Waals surface area contributed by atoms with E-state index >= 15 is 0 Å². The van der Waals surface area contributed by atoms with Crippen LogP contribution in [0.2, 0.25) is 0 Å². The summed E-state index contributed by atoms with van der Waals surface area (Å²) in [7, 11) is 0. The molecule has 26 heavy (non-hydrogen) atoms. The number of carboxylic acids is 1. The Kier molecular flexibility index (Phi) is 5.59. The van der Waals surface area contributed by atoms with Crippen molar-refractivity contribution in [1.29, 1.82) is 0 Å². The van der Waals surface area contributed by atoms with Crippen LogP contribution in [0.5, 0.6) is 0 Å². The normalized spacial score (nSPS) is 21.3. The van der Waals surface area contributed by atoms with Crippen LogP contribution in [-0.4, -0.2) is 47.4 Å². The van der Waals surface area contributed by atoms with E-state index in [2.05, 4.69) is 6.92 Å². The Morgan fingerprint density at radius 3 is 2.38 bits per heavy atom. The summed E-state index contributed by atoms with van der Waals surface area (Å²) in [6.07, 6.45) is 2.82. The Hall–Kier alpha value is -2.37. The van der Waals surface area contributed by atoms with Gasteiger partial charge in [0.2, 0.25) is 11.8 Å². The van der Waals surface area contributed by atoms with Crippen molar-refractivity contribution in [2.45, 2.75) is 39.0 Å². The SMILES string of the molecule is CCc1ccc(N2CC(C(=O)N3CCC(CC(=O)O)CC3)CC2=O)cc1. The summed E-state index contributed by atoms with van der Waals surface area (Å²) in [5.41, 5.74) is 2.07. The molecule has 0 aromatic heterocycles. The molecule has 6 heteroatoms. The van der Waals surface area contributed by atoms with Crippen LogP contribution < -0.4 is 4.90 Å². The predicted molar refractivity (Wildman–Crippen MR) is 97.8 cm³/mol. The minimum atomic E-state index is -0.777. The first kappa shape index (κ1) is 18.4. The van der Waals surface area contributed by atoms with Gasteiger partial charge in [0, 0.05) is 38.2 Å². The number of nitrogens with zero attached hydrogens (tertiary/aromatic N) is 2. The summed E-state index contributed by atoms with van der Waals surface area (Å²) in [5, 5.41) is 8.89. The standard InChI is InChI=1S/C20H26N2O4/c1-2-14-3-5-17(6-4-14)22-13-16(12-18(22)23)20(26)21-9-7-15(8-10-21)11-19(24)25/h3-6,15-16H,2,7-13H2,1H3,(H,24,25). The number of amides is 2. The lowest BCUT2D eigenvalue weighted by molar-refractivity contribution is -0.139. The number of likely N-dealkylation sites (tertiary alicyclic amines) is 1. The number of carbonyl (C=O) groups is 3. The van der Waals surface area contributed by atoms with Gasteiger partial charge >= 0.3 is 5.97 Å². The first-order valence-electron chi connectivity index (χ1n) is 9.37. The lowest BCUT2D eigenvalue weighted by Crippen LogP contribution is -2.42. The minimum Gasteiger partial charge on any atom is -0.481 e. The molecule has 2 aliphatic heterocycles. The highest BCUT2D eigenvalue weighted by Gasteiger charge is 2.38. The van der Waals surface area contributed by atoms with Gasteiger partial charge in [0.1, 0.15) is 0 Å². The van der Waals surface area contributed by atoms with E-state index in [1.807, 2.05) is 24.3 Å². The molecule has 0 radical (unpaired) electrons. The monoisotopic (exact) mass is 358 g/mol. The molecule has 1 atom stereocenters. The summed E-state index contributed by atoms with van der Waals surface area (Å²) in [4.78, 5) is 39.5. The number of benzene rings is 1. The van der Waals surface area contributed by atoms with Crippen molar-refractivity contribution in [2.24, 2.45) is 11.8 Å². The molecule has 2 amide bonds. The molecular formula is C20H26N2O4. The lowest BCUT2D eigenvalue weighted by atomic mass is 9.92. The van der Waals surface area contributed by atoms with Crippen molar-refractivity contribution < 1.29 is 19.5 Å². The summed E-state index contributed by atoms with van der Waals surface area (Å²) in [6.45, 7) is 3.70. The Balaban J connectivity index is 1.58. The molecule has 3 rings (SSSR count). The Morgan fingerprint density at radius 2 is 1.81 bits per heavy atom. The van der Waals surface area contributed by atoms with E-state index in [9.17, 15) is 14.4 Å². The summed E-state index contributed by atoms with van der Waals surface area (Å²) in [5.74, 6) is -0.909. The highest BCUT2D eigenvalue weighted by Crippen LogP contribution is 2.28. The van der Waals surface area contributed by atoms with Gasteiger partial charge in [-0.25, -0.2) is 0 Å². The van der Waals surface area contributed by atoms with Gasteiger partial charge in [-0.3, -0.25) is 14.4 Å². The second-order valence-corrected chi connectivity index (χ2v) is 7.29. The minimum absolute atomic E-state index is 0.00615. The fourth-order valence-electron chi connectivity index (χ4n) is 3.90. The van der Waals surface area contributed by atoms with E-state index in [-0.39, 0.29) is 36.5 Å². The Bertz CT molecular complexity index is 678. The van der Waals surface area contributed by atoms with E-state index < -0.39 is 5.97 Å². The highest BCUT2D eigenvalue weighted by molar-refractivity contribution is 6.00. The maximum atomic E-state index is 12.8. The van der Waals surface area contributed by atoms with Crippen LogP contribution in [-0.2, 0) is 20.8 Å². The number of aryl methyl sites for hydroxylation is 1. The highest BCUT2D eigenvalue weighted by atomic mass is 16.4. The molecule has 0 bridgehead atoms. The van der Waals surface area contributed by atoms with Gasteiger partial charge in [-0.15, -0.1) is 0 Å². The molecule has 1 aromatic carbocycles. The van der Waals surface area contributed by atoms with Crippen LogP contribution in [0.4, 0.5) is 5.69 Å². The molecule has 2 aliphatic rings. The zero-order valence-electron chi connectivity index (χ0n) is 15.2. The van der Waals surface area contributed by atoms with E-state index in [0.29, 0.717) is 19.6 Å². The zero-order valence-corrected chi connectivity index (χ0v) is 15.2. The predicted octanol–water partition coefficient (Wildman–Crippen LogP) is 2.32. The van der Waals surface area contributed by atoms with E-state index in [4.69, 9.17) is 5.11 Å². The molecular weight excluding hydrogens is 332 g/mol. The second-order valence-electron chi connectivity index (χ2n) is 7.29. The lowest BCUT2D eigenvalue weighted by Gasteiger charge is -2.33. The van der Waals surface area contributed by atoms with Gasteiger partial charge in [-0.05, 0) is 42.9 Å². The average Bonchev–Trinajstić information content (AvgIpc) is 3.03. The number of hydrogen-bond acceptors (Lipinski definition) is 3. The summed E-state index contributed by atoms with van der Waals surface area (Å²) >= 11 is 0. The van der Waals surface area contributed by atoms with Crippen molar-refractivity contribution in [3.63, 3.8) is 0 Å². The van der Waals surface area contributed by atoms with Crippen LogP contribution in [0, 0.1) is 11.8 Å². The van der Waals surface area contributed by atoms with Crippen molar-refractivity contribution in [3.8, 4) is 0 Å². The molecule has 0 spiro atoms. The third-order valence-electron chi connectivity index (χ3n) is 5.52. The van der Waals surface area contributed by atoms with Crippen molar-refractivity contribution in [1.82, 2.24) is 4.90 Å². The van der Waals surface area contributed by atoms with Gasteiger partial charge in [-0.2, -0.15) is 0 Å². The number of rotatable bonds is 5. The van der Waals surface area contributed by atoms with Crippen molar-refractivity contribution >= 4 is 23.5 Å². The van der Waals surface area contributed by atoms with Gasteiger partial charge in [0.25, 0.3) is 0 Å². The number of hydrogen-bond donors (Lipinski definition) is 1. The average molecular weight is 358 g/mol. The van der Waals surface area contributed by atoms with Crippen molar-refractivity contribution in [3.05, 3.63) is 29.8 Å². The van der Waals surface area contributed by atoms with E-state index in [0.717, 1.165) is 24.9 Å². The number of carbonyl (C=O) groups excluding carboxylic acids is 2. The fourth-order valence-corrected chi connectivity index (χ4v) is 3.90. The maximum Gasteiger partial charge on any atom is 0.303 e. The molecule has 1 aromatic rings. The van der Waals surface area contributed by atoms with Gasteiger partial charge in [0.05, 0.1) is 5.92 Å². The molecule has 0 aliphatic carbocycles. The first-order valence-corrected chi connectivity index (χ1v) is 9.37. The van der Waals surface area contributed by atoms with Gasteiger partial charge in [-0.1, -0.05) is 19.1 Å². The van der Waals surface area contributed by atoms with Crippen LogP contribution in [0.25, 0.3) is 0 Å². The van der Waals surface area contributed by atoms with Crippen LogP contribution >= 0.6 is 0 Å². The smallest absolute Gasteiger partial charge is 0.303 e. The Morgan fingerprint density at radius 1 is 1.15 bits per heavy atom. The van der Waals surface area contributed by atoms with Crippen molar-refractivity contribution in [2.75, 3.05) is 24.5 Å². The van der Waals surface area contributed by atoms with Gasteiger partial charge in [0.15, 0.2) is 0 Å². The Labute approximate surface area is 153 Å². The first-order chi connectivity index (χ1) is 12.5. The zero-order chi connectivity index (χ0) is 18.7. The molecule has 140 valence electrons. The largest absolute Gasteiger partial charge is 0.481 e. The maximum absolute atomic E-state index is 12.8. The molecule has 6 nitrogen and oxygen atoms in total. The van der Waals surface area contributed by atoms with Crippen LogP contribution in [0.15, 0.2) is 24.3 Å². The molecule has 1 N–H and O–H groups in total.